The van der Waals surface area contributed by atoms with Gasteiger partial charge in [-0.1, -0.05) is 18.2 Å². The Kier molecular flexibility index (Phi) is 14.8. The highest BCUT2D eigenvalue weighted by Crippen LogP contribution is 1.96. The molecule has 0 aliphatic carbocycles. The number of hydrogen-bond donors (Lipinski definition) is 3. The molecule has 0 radical (unpaired) electrons. The van der Waals surface area contributed by atoms with Gasteiger partial charge in [-0.25, -0.2) is 4.79 Å². The van der Waals surface area contributed by atoms with Gasteiger partial charge >= 0.3 is 5.97 Å². The first-order valence-electron chi connectivity index (χ1n) is 6.95. The molecule has 0 bridgehead atoms. The lowest BCUT2D eigenvalue weighted by Gasteiger charge is -2.04. The van der Waals surface area contributed by atoms with Crippen molar-refractivity contribution in [2.75, 3.05) is 52.9 Å². The van der Waals surface area contributed by atoms with Gasteiger partial charge in [0, 0.05) is 0 Å². The highest BCUT2D eigenvalue weighted by Gasteiger charge is 1.96. The van der Waals surface area contributed by atoms with Crippen LogP contribution in [-0.2, 0) is 14.2 Å². The van der Waals surface area contributed by atoms with E-state index < -0.39 is 5.97 Å². The predicted molar refractivity (Wildman–Crippen MR) is 80.0 cm³/mol. The second kappa shape index (κ2) is 15.9. The summed E-state index contributed by atoms with van der Waals surface area (Å²) in [6.45, 7) is 2.76. The summed E-state index contributed by atoms with van der Waals surface area (Å²) in [5, 5.41) is 25.1. The molecule has 7 nitrogen and oxygen atoms in total. The molecular weight excluding hydrogens is 292 g/mol. The Morgan fingerprint density at radius 1 is 0.773 bits per heavy atom. The molecule has 0 unspecified atom stereocenters. The molecule has 1 aromatic carbocycles. The Morgan fingerprint density at radius 3 is 1.50 bits per heavy atom. The Bertz CT molecular complexity index is 346. The van der Waals surface area contributed by atoms with Crippen molar-refractivity contribution in [1.29, 1.82) is 0 Å². The van der Waals surface area contributed by atoms with Gasteiger partial charge < -0.3 is 29.5 Å². The lowest BCUT2D eigenvalue weighted by Crippen LogP contribution is -2.11. The smallest absolute Gasteiger partial charge is 0.335 e. The number of carbonyl (C=O) groups is 1. The summed E-state index contributed by atoms with van der Waals surface area (Å²) < 4.78 is 15.0. The van der Waals surface area contributed by atoms with Crippen LogP contribution in [0.3, 0.4) is 0 Å². The fourth-order valence-electron chi connectivity index (χ4n) is 1.25. The summed E-state index contributed by atoms with van der Waals surface area (Å²) in [5.41, 5.74) is 0.331. The number of benzene rings is 1. The molecule has 0 aliphatic rings. The summed E-state index contributed by atoms with van der Waals surface area (Å²) in [4.78, 5) is 10.2. The van der Waals surface area contributed by atoms with Gasteiger partial charge in [0.05, 0.1) is 58.4 Å². The molecule has 22 heavy (non-hydrogen) atoms. The minimum Gasteiger partial charge on any atom is -0.478 e. The van der Waals surface area contributed by atoms with Gasteiger partial charge in [-0.3, -0.25) is 0 Å². The molecule has 0 amide bonds. The topological polar surface area (TPSA) is 105 Å². The van der Waals surface area contributed by atoms with Crippen molar-refractivity contribution in [3.63, 3.8) is 0 Å². The van der Waals surface area contributed by atoms with Crippen LogP contribution in [0.5, 0.6) is 0 Å². The van der Waals surface area contributed by atoms with Gasteiger partial charge in [0.15, 0.2) is 0 Å². The third-order valence-corrected chi connectivity index (χ3v) is 2.24. The monoisotopic (exact) mass is 316 g/mol. The van der Waals surface area contributed by atoms with Crippen molar-refractivity contribution in [2.45, 2.75) is 0 Å². The molecule has 126 valence electrons. The maximum absolute atomic E-state index is 10.2. The summed E-state index contributed by atoms with van der Waals surface area (Å²) >= 11 is 0. The maximum atomic E-state index is 10.2. The third kappa shape index (κ3) is 13.5. The van der Waals surface area contributed by atoms with Gasteiger partial charge in [0.25, 0.3) is 0 Å². The molecule has 0 aliphatic heterocycles. The lowest BCUT2D eigenvalue weighted by atomic mass is 10.2. The van der Waals surface area contributed by atoms with Crippen molar-refractivity contribution in [3.05, 3.63) is 35.9 Å². The molecule has 1 aromatic rings. The Balaban J connectivity index is 0.000000425. The standard InChI is InChI=1S/C8H18O5.C7H6O2/c9-1-3-11-5-7-13-8-6-12-4-2-10;8-7(9)6-4-2-1-3-5-6/h9-10H,1-8H2;1-5H,(H,8,9). The van der Waals surface area contributed by atoms with E-state index in [0.717, 1.165) is 0 Å². The fourth-order valence-corrected chi connectivity index (χ4v) is 1.25. The van der Waals surface area contributed by atoms with Crippen LogP contribution in [0.4, 0.5) is 0 Å². The van der Waals surface area contributed by atoms with Crippen LogP contribution < -0.4 is 0 Å². The number of rotatable bonds is 11. The van der Waals surface area contributed by atoms with E-state index in [9.17, 15) is 4.79 Å². The number of carboxylic acid groups (broad SMARTS) is 1. The Morgan fingerprint density at radius 2 is 1.18 bits per heavy atom. The van der Waals surface area contributed by atoms with E-state index in [1.807, 2.05) is 0 Å². The molecule has 0 atom stereocenters. The normalized spacial score (nSPS) is 9.91. The first kappa shape index (κ1) is 20.5. The van der Waals surface area contributed by atoms with Crippen LogP contribution in [0.1, 0.15) is 10.4 Å². The van der Waals surface area contributed by atoms with E-state index in [0.29, 0.717) is 45.2 Å². The van der Waals surface area contributed by atoms with Crippen molar-refractivity contribution < 1.29 is 34.3 Å². The van der Waals surface area contributed by atoms with E-state index in [-0.39, 0.29) is 13.2 Å². The molecule has 0 spiro atoms. The van der Waals surface area contributed by atoms with Crippen LogP contribution >= 0.6 is 0 Å². The van der Waals surface area contributed by atoms with Gasteiger partial charge in [0.2, 0.25) is 0 Å². The first-order chi connectivity index (χ1) is 10.7. The molecule has 3 N–H and O–H groups in total. The molecule has 1 rings (SSSR count). The number of carboxylic acids is 1. The van der Waals surface area contributed by atoms with Crippen molar-refractivity contribution in [3.8, 4) is 0 Å². The SMILES string of the molecule is O=C(O)c1ccccc1.OCCOCCOCCOCCO. The number of hydrogen-bond acceptors (Lipinski definition) is 6. The van der Waals surface area contributed by atoms with Gasteiger partial charge in [0.1, 0.15) is 0 Å². The minimum atomic E-state index is -0.879. The average Bonchev–Trinajstić information content (AvgIpc) is 2.55. The summed E-state index contributed by atoms with van der Waals surface area (Å²) in [5.74, 6) is -0.879. The summed E-state index contributed by atoms with van der Waals surface area (Å²) in [7, 11) is 0. The van der Waals surface area contributed by atoms with Gasteiger partial charge in [-0.15, -0.1) is 0 Å². The number of ether oxygens (including phenoxy) is 3. The maximum Gasteiger partial charge on any atom is 0.335 e. The lowest BCUT2D eigenvalue weighted by molar-refractivity contribution is 0.00230. The zero-order valence-corrected chi connectivity index (χ0v) is 12.5. The van der Waals surface area contributed by atoms with Gasteiger partial charge in [-0.05, 0) is 12.1 Å². The molecule has 7 heteroatoms. The minimum absolute atomic E-state index is 0.0413. The highest BCUT2D eigenvalue weighted by atomic mass is 16.5. The second-order valence-corrected chi connectivity index (χ2v) is 3.96. The summed E-state index contributed by atoms with van der Waals surface area (Å²) in [6.07, 6.45) is 0. The van der Waals surface area contributed by atoms with E-state index in [1.165, 1.54) is 0 Å². The fraction of sp³-hybridized carbons (Fsp3) is 0.533. The second-order valence-electron chi connectivity index (χ2n) is 3.96. The number of aliphatic hydroxyl groups excluding tert-OH is 2. The largest absolute Gasteiger partial charge is 0.478 e. The highest BCUT2D eigenvalue weighted by molar-refractivity contribution is 5.87. The molecule has 0 heterocycles. The molecular formula is C15H24O7. The van der Waals surface area contributed by atoms with Crippen LogP contribution in [0, 0.1) is 0 Å². The summed E-state index contributed by atoms with van der Waals surface area (Å²) in [6, 6.07) is 8.30. The zero-order valence-electron chi connectivity index (χ0n) is 12.5. The van der Waals surface area contributed by atoms with Crippen LogP contribution in [0.2, 0.25) is 0 Å². The quantitative estimate of drug-likeness (QED) is 0.508. The molecule has 0 fully saturated rings. The van der Waals surface area contributed by atoms with Crippen molar-refractivity contribution >= 4 is 5.97 Å². The molecule has 0 saturated carbocycles. The number of aromatic carboxylic acids is 1. The van der Waals surface area contributed by atoms with Crippen molar-refractivity contribution in [2.24, 2.45) is 0 Å². The van der Waals surface area contributed by atoms with Crippen LogP contribution in [-0.4, -0.2) is 74.1 Å². The predicted octanol–water partition coefficient (Wildman–Crippen LogP) is 0.406. The van der Waals surface area contributed by atoms with E-state index in [2.05, 4.69) is 0 Å². The average molecular weight is 316 g/mol. The third-order valence-electron chi connectivity index (χ3n) is 2.24. The first-order valence-corrected chi connectivity index (χ1v) is 6.95. The van der Waals surface area contributed by atoms with Crippen molar-refractivity contribution in [1.82, 2.24) is 0 Å². The Labute approximate surface area is 130 Å². The number of aliphatic hydroxyl groups is 2. The van der Waals surface area contributed by atoms with E-state index >= 15 is 0 Å². The van der Waals surface area contributed by atoms with Crippen LogP contribution in [0.15, 0.2) is 30.3 Å². The van der Waals surface area contributed by atoms with E-state index in [4.69, 9.17) is 29.5 Å². The van der Waals surface area contributed by atoms with Gasteiger partial charge in [-0.2, -0.15) is 0 Å². The molecule has 0 aromatic heterocycles. The molecule has 0 saturated heterocycles. The zero-order chi connectivity index (χ0) is 16.5. The van der Waals surface area contributed by atoms with E-state index in [1.54, 1.807) is 30.3 Å². The Hall–Kier alpha value is -1.51. The van der Waals surface area contributed by atoms with Crippen LogP contribution in [0.25, 0.3) is 0 Å².